The monoisotopic (exact) mass is 507 g/mol. The summed E-state index contributed by atoms with van der Waals surface area (Å²) in [5.41, 5.74) is 6.45. The van der Waals surface area contributed by atoms with E-state index in [1.54, 1.807) is 24.4 Å². The first-order valence-electron chi connectivity index (χ1n) is 11.2. The number of ether oxygens (including phenoxy) is 1. The Morgan fingerprint density at radius 3 is 2.53 bits per heavy atom. The zero-order chi connectivity index (χ0) is 25.5. The maximum atomic E-state index is 13.1. The van der Waals surface area contributed by atoms with Crippen LogP contribution in [0.25, 0.3) is 10.9 Å². The Balaban J connectivity index is 1.56. The van der Waals surface area contributed by atoms with Crippen LogP contribution in [-0.2, 0) is 21.2 Å². The SMILES string of the molecule is CCOc1ccc(S(=O)(=O)N[C@@H](Cc2c[nH]c3ccccc23)C(=O)NNC(=O)c2cccnc2)cc1. The van der Waals surface area contributed by atoms with E-state index >= 15 is 0 Å². The number of carbonyl (C=O) groups excluding carboxylic acids is 2. The molecule has 4 rings (SSSR count). The summed E-state index contributed by atoms with van der Waals surface area (Å²) in [7, 11) is -4.08. The van der Waals surface area contributed by atoms with Crippen molar-refractivity contribution in [2.75, 3.05) is 6.61 Å². The van der Waals surface area contributed by atoms with Gasteiger partial charge in [0.25, 0.3) is 11.8 Å². The highest BCUT2D eigenvalue weighted by atomic mass is 32.2. The first kappa shape index (κ1) is 24.9. The molecular formula is C25H25N5O5S. The number of pyridine rings is 1. The van der Waals surface area contributed by atoms with E-state index < -0.39 is 27.9 Å². The molecule has 0 spiro atoms. The summed E-state index contributed by atoms with van der Waals surface area (Å²) in [6.07, 6.45) is 4.63. The van der Waals surface area contributed by atoms with Gasteiger partial charge in [0.15, 0.2) is 0 Å². The average Bonchev–Trinajstić information content (AvgIpc) is 3.30. The largest absolute Gasteiger partial charge is 0.494 e. The predicted molar refractivity (Wildman–Crippen MR) is 134 cm³/mol. The third-order valence-corrected chi connectivity index (χ3v) is 6.87. The van der Waals surface area contributed by atoms with Crippen LogP contribution in [0.5, 0.6) is 5.75 Å². The van der Waals surface area contributed by atoms with E-state index in [1.807, 2.05) is 31.2 Å². The number of fused-ring (bicyclic) bond motifs is 1. The molecular weight excluding hydrogens is 482 g/mol. The quantitative estimate of drug-likeness (QED) is 0.256. The van der Waals surface area contributed by atoms with Crippen LogP contribution in [0, 0.1) is 0 Å². The Morgan fingerprint density at radius 2 is 1.81 bits per heavy atom. The fourth-order valence-corrected chi connectivity index (χ4v) is 4.82. The second kappa shape index (κ2) is 11.0. The lowest BCUT2D eigenvalue weighted by Gasteiger charge is -2.19. The lowest BCUT2D eigenvalue weighted by molar-refractivity contribution is -0.123. The van der Waals surface area contributed by atoms with E-state index in [2.05, 4.69) is 25.5 Å². The number of amides is 2. The molecule has 0 unspecified atom stereocenters. The van der Waals surface area contributed by atoms with Crippen LogP contribution in [-0.4, -0.2) is 42.8 Å². The van der Waals surface area contributed by atoms with E-state index in [1.165, 1.54) is 30.6 Å². The third kappa shape index (κ3) is 5.88. The molecule has 0 bridgehead atoms. The van der Waals surface area contributed by atoms with Gasteiger partial charge in [0, 0.05) is 29.5 Å². The zero-order valence-electron chi connectivity index (χ0n) is 19.4. The predicted octanol–water partition coefficient (Wildman–Crippen LogP) is 2.31. The van der Waals surface area contributed by atoms with Crippen molar-refractivity contribution in [2.24, 2.45) is 0 Å². The summed E-state index contributed by atoms with van der Waals surface area (Å²) >= 11 is 0. The van der Waals surface area contributed by atoms with Crippen molar-refractivity contribution in [1.82, 2.24) is 25.5 Å². The summed E-state index contributed by atoms with van der Waals surface area (Å²) in [6, 6.07) is 15.3. The molecule has 4 aromatic rings. The molecule has 10 nitrogen and oxygen atoms in total. The van der Waals surface area contributed by atoms with Crippen LogP contribution in [0.15, 0.2) is 84.1 Å². The zero-order valence-corrected chi connectivity index (χ0v) is 20.2. The molecule has 11 heteroatoms. The van der Waals surface area contributed by atoms with Gasteiger partial charge in [0.05, 0.1) is 17.1 Å². The van der Waals surface area contributed by atoms with E-state index in [0.717, 1.165) is 16.5 Å². The maximum absolute atomic E-state index is 13.1. The fraction of sp³-hybridized carbons (Fsp3) is 0.160. The van der Waals surface area contributed by atoms with Gasteiger partial charge in [-0.15, -0.1) is 0 Å². The van der Waals surface area contributed by atoms with E-state index in [4.69, 9.17) is 4.74 Å². The van der Waals surface area contributed by atoms with E-state index in [0.29, 0.717) is 12.4 Å². The molecule has 1 atom stereocenters. The standard InChI is InChI=1S/C25H25N5O5S/c1-2-35-19-9-11-20(12-10-19)36(33,34)30-23(14-18-16-27-22-8-4-3-7-21(18)22)25(32)29-28-24(31)17-6-5-13-26-15-17/h3-13,15-16,23,27,30H,2,14H2,1H3,(H,28,31)(H,29,32)/t23-/m0/s1. The van der Waals surface area contributed by atoms with Gasteiger partial charge in [0.1, 0.15) is 11.8 Å². The van der Waals surface area contributed by atoms with Gasteiger partial charge >= 0.3 is 0 Å². The van der Waals surface area contributed by atoms with Crippen molar-refractivity contribution in [2.45, 2.75) is 24.3 Å². The second-order valence-corrected chi connectivity index (χ2v) is 9.54. The van der Waals surface area contributed by atoms with Crippen molar-refractivity contribution in [3.63, 3.8) is 0 Å². The minimum absolute atomic E-state index is 0.0259. The first-order valence-corrected chi connectivity index (χ1v) is 12.7. The molecule has 186 valence electrons. The summed E-state index contributed by atoms with van der Waals surface area (Å²) < 4.78 is 34.1. The molecule has 4 N–H and O–H groups in total. The van der Waals surface area contributed by atoms with Gasteiger partial charge < -0.3 is 9.72 Å². The van der Waals surface area contributed by atoms with Crippen LogP contribution >= 0.6 is 0 Å². The number of rotatable bonds is 9. The Bertz CT molecular complexity index is 1450. The summed E-state index contributed by atoms with van der Waals surface area (Å²) in [5, 5.41) is 0.856. The lowest BCUT2D eigenvalue weighted by atomic mass is 10.1. The van der Waals surface area contributed by atoms with Crippen LogP contribution in [0.1, 0.15) is 22.8 Å². The molecule has 0 saturated heterocycles. The maximum Gasteiger partial charge on any atom is 0.271 e. The number of nitrogens with one attached hydrogen (secondary N) is 4. The van der Waals surface area contributed by atoms with Gasteiger partial charge in [-0.25, -0.2) is 8.42 Å². The lowest BCUT2D eigenvalue weighted by Crippen LogP contribution is -2.53. The van der Waals surface area contributed by atoms with Crippen LogP contribution in [0.2, 0.25) is 0 Å². The topological polar surface area (TPSA) is 142 Å². The van der Waals surface area contributed by atoms with Gasteiger partial charge in [-0.05, 0) is 61.4 Å². The molecule has 0 aliphatic heterocycles. The van der Waals surface area contributed by atoms with Crippen LogP contribution in [0.3, 0.4) is 0 Å². The second-order valence-electron chi connectivity index (χ2n) is 7.83. The molecule has 36 heavy (non-hydrogen) atoms. The highest BCUT2D eigenvalue weighted by Crippen LogP contribution is 2.21. The van der Waals surface area contributed by atoms with Crippen molar-refractivity contribution in [3.8, 4) is 5.75 Å². The Morgan fingerprint density at radius 1 is 1.03 bits per heavy atom. The smallest absolute Gasteiger partial charge is 0.271 e. The molecule has 2 aromatic heterocycles. The Labute approximate surface area is 208 Å². The summed E-state index contributed by atoms with van der Waals surface area (Å²) in [5.74, 6) is -0.786. The van der Waals surface area contributed by atoms with Gasteiger partial charge in [-0.3, -0.25) is 25.4 Å². The van der Waals surface area contributed by atoms with E-state index in [9.17, 15) is 18.0 Å². The summed E-state index contributed by atoms with van der Waals surface area (Å²) in [4.78, 5) is 32.4. The number of hydrogen-bond donors (Lipinski definition) is 4. The molecule has 0 fully saturated rings. The fourth-order valence-electron chi connectivity index (χ4n) is 3.62. The minimum Gasteiger partial charge on any atom is -0.494 e. The number of hydrogen-bond acceptors (Lipinski definition) is 6. The number of hydrazine groups is 1. The Kier molecular flexibility index (Phi) is 7.62. The molecule has 2 heterocycles. The number of aromatic nitrogens is 2. The van der Waals surface area contributed by atoms with Crippen LogP contribution < -0.4 is 20.3 Å². The number of carbonyl (C=O) groups is 2. The van der Waals surface area contributed by atoms with Crippen LogP contribution in [0.4, 0.5) is 0 Å². The molecule has 2 amide bonds. The molecule has 2 aromatic carbocycles. The van der Waals surface area contributed by atoms with Crippen molar-refractivity contribution < 1.29 is 22.7 Å². The van der Waals surface area contributed by atoms with Crippen molar-refractivity contribution in [3.05, 3.63) is 90.4 Å². The highest BCUT2D eigenvalue weighted by molar-refractivity contribution is 7.89. The molecule has 0 aliphatic carbocycles. The van der Waals surface area contributed by atoms with Crippen molar-refractivity contribution in [1.29, 1.82) is 0 Å². The Hall–Kier alpha value is -4.22. The normalized spacial score (nSPS) is 12.1. The molecule has 0 saturated carbocycles. The third-order valence-electron chi connectivity index (χ3n) is 5.38. The minimum atomic E-state index is -4.08. The highest BCUT2D eigenvalue weighted by Gasteiger charge is 2.27. The number of nitrogens with zero attached hydrogens (tertiary/aromatic N) is 1. The average molecular weight is 508 g/mol. The molecule has 0 radical (unpaired) electrons. The number of H-pyrrole nitrogens is 1. The number of sulfonamides is 1. The van der Waals surface area contributed by atoms with Gasteiger partial charge in [-0.1, -0.05) is 18.2 Å². The number of para-hydroxylation sites is 1. The van der Waals surface area contributed by atoms with Crippen molar-refractivity contribution >= 4 is 32.7 Å². The summed E-state index contributed by atoms with van der Waals surface area (Å²) in [6.45, 7) is 2.27. The van der Waals surface area contributed by atoms with E-state index in [-0.39, 0.29) is 16.9 Å². The number of benzene rings is 2. The van der Waals surface area contributed by atoms with Gasteiger partial charge in [0.2, 0.25) is 10.0 Å². The molecule has 0 aliphatic rings. The first-order chi connectivity index (χ1) is 17.4. The number of aromatic amines is 1. The van der Waals surface area contributed by atoms with Gasteiger partial charge in [-0.2, -0.15) is 4.72 Å².